The van der Waals surface area contributed by atoms with E-state index in [0.29, 0.717) is 6.61 Å². The second-order valence-corrected chi connectivity index (χ2v) is 8.68. The molecule has 2 aromatic rings. The Morgan fingerprint density at radius 1 is 1.15 bits per heavy atom. The molecule has 3 heteroatoms. The lowest BCUT2D eigenvalue weighted by molar-refractivity contribution is -0.157. The van der Waals surface area contributed by atoms with Crippen LogP contribution in [-0.4, -0.2) is 11.1 Å². The summed E-state index contributed by atoms with van der Waals surface area (Å²) in [5.74, 6) is 0.411. The molecule has 0 aromatic heterocycles. The normalized spacial score (nSPS) is 29.5. The maximum Gasteiger partial charge on any atom is 0.309 e. The minimum absolute atomic E-state index is 0.0922. The predicted molar refractivity (Wildman–Crippen MR) is 106 cm³/mol. The second kappa shape index (κ2) is 6.70. The second-order valence-electron chi connectivity index (χ2n) is 8.68. The Bertz CT molecular complexity index is 844. The number of aliphatic carboxylic acids is 1. The average molecular weight is 364 g/mol. The van der Waals surface area contributed by atoms with E-state index in [1.165, 1.54) is 11.1 Å². The van der Waals surface area contributed by atoms with Crippen LogP contribution in [0.15, 0.2) is 48.5 Å². The summed E-state index contributed by atoms with van der Waals surface area (Å²) >= 11 is 0. The van der Waals surface area contributed by atoms with E-state index in [1.807, 2.05) is 25.1 Å². The molecule has 27 heavy (non-hydrogen) atoms. The molecule has 0 spiro atoms. The molecule has 0 radical (unpaired) electrons. The van der Waals surface area contributed by atoms with E-state index in [2.05, 4.69) is 37.3 Å². The van der Waals surface area contributed by atoms with E-state index in [9.17, 15) is 9.90 Å². The molecule has 0 bridgehead atoms. The molecule has 2 aromatic carbocycles. The maximum atomic E-state index is 12.1. The van der Waals surface area contributed by atoms with Crippen LogP contribution in [0.5, 0.6) is 5.75 Å². The molecule has 0 aliphatic heterocycles. The van der Waals surface area contributed by atoms with Crippen molar-refractivity contribution in [3.8, 4) is 5.75 Å². The first-order valence-electron chi connectivity index (χ1n) is 9.97. The number of benzene rings is 2. The maximum absolute atomic E-state index is 12.1. The SMILES string of the molecule is CC1(C(=O)O)CCCC2(C)c3cc(OCc4ccccc4)ccc3CCC12. The Labute approximate surface area is 161 Å². The van der Waals surface area contributed by atoms with Crippen LogP contribution in [-0.2, 0) is 23.2 Å². The Hall–Kier alpha value is -2.29. The van der Waals surface area contributed by atoms with Crippen LogP contribution in [0.2, 0.25) is 0 Å². The van der Waals surface area contributed by atoms with Gasteiger partial charge in [-0.2, -0.15) is 0 Å². The molecule has 2 aliphatic rings. The standard InChI is InChI=1S/C24H28O3/c1-23-13-6-14-24(2,22(25)26)21(23)12-10-18-9-11-19(15-20(18)23)27-16-17-7-4-3-5-8-17/h3-5,7-9,11,15,21H,6,10,12-14,16H2,1-2H3,(H,25,26). The van der Waals surface area contributed by atoms with Gasteiger partial charge in [-0.15, -0.1) is 0 Å². The number of hydrogen-bond donors (Lipinski definition) is 1. The third-order valence-electron chi connectivity index (χ3n) is 7.07. The van der Waals surface area contributed by atoms with Gasteiger partial charge >= 0.3 is 5.97 Å². The summed E-state index contributed by atoms with van der Waals surface area (Å²) in [4.78, 5) is 12.1. The van der Waals surface area contributed by atoms with E-state index < -0.39 is 11.4 Å². The number of rotatable bonds is 4. The van der Waals surface area contributed by atoms with Gasteiger partial charge in [0.05, 0.1) is 5.41 Å². The van der Waals surface area contributed by atoms with Crippen LogP contribution in [0, 0.1) is 11.3 Å². The highest BCUT2D eigenvalue weighted by Crippen LogP contribution is 2.57. The van der Waals surface area contributed by atoms with Crippen molar-refractivity contribution in [1.29, 1.82) is 0 Å². The lowest BCUT2D eigenvalue weighted by atomic mass is 9.50. The van der Waals surface area contributed by atoms with Gasteiger partial charge in [-0.3, -0.25) is 4.79 Å². The van der Waals surface area contributed by atoms with Crippen LogP contribution in [0.4, 0.5) is 0 Å². The molecule has 142 valence electrons. The molecular formula is C24H28O3. The van der Waals surface area contributed by atoms with Crippen LogP contribution in [0.3, 0.4) is 0 Å². The lowest BCUT2D eigenvalue weighted by Crippen LogP contribution is -2.52. The van der Waals surface area contributed by atoms with Gasteiger partial charge in [0.15, 0.2) is 0 Å². The fourth-order valence-corrected chi connectivity index (χ4v) is 5.53. The highest BCUT2D eigenvalue weighted by Gasteiger charge is 2.55. The summed E-state index contributed by atoms with van der Waals surface area (Å²) in [6, 6.07) is 16.6. The molecular weight excluding hydrogens is 336 g/mol. The fourth-order valence-electron chi connectivity index (χ4n) is 5.53. The molecule has 4 rings (SSSR count). The quantitative estimate of drug-likeness (QED) is 0.794. The molecule has 1 fully saturated rings. The highest BCUT2D eigenvalue weighted by molar-refractivity contribution is 5.75. The lowest BCUT2D eigenvalue weighted by Gasteiger charge is -2.53. The molecule has 1 N–H and O–H groups in total. The van der Waals surface area contributed by atoms with Crippen molar-refractivity contribution in [3.05, 3.63) is 65.2 Å². The van der Waals surface area contributed by atoms with Gasteiger partial charge in [-0.25, -0.2) is 0 Å². The third-order valence-corrected chi connectivity index (χ3v) is 7.07. The van der Waals surface area contributed by atoms with E-state index in [4.69, 9.17) is 4.74 Å². The molecule has 0 saturated heterocycles. The van der Waals surface area contributed by atoms with Crippen molar-refractivity contribution in [2.24, 2.45) is 11.3 Å². The number of carboxylic acids is 1. The molecule has 0 amide bonds. The number of ether oxygens (including phenoxy) is 1. The van der Waals surface area contributed by atoms with Crippen molar-refractivity contribution < 1.29 is 14.6 Å². The van der Waals surface area contributed by atoms with E-state index >= 15 is 0 Å². The minimum Gasteiger partial charge on any atom is -0.489 e. The monoisotopic (exact) mass is 364 g/mol. The van der Waals surface area contributed by atoms with Gasteiger partial charge < -0.3 is 9.84 Å². The summed E-state index contributed by atoms with van der Waals surface area (Å²) in [6.45, 7) is 4.78. The molecule has 2 aliphatic carbocycles. The van der Waals surface area contributed by atoms with Gasteiger partial charge in [0.2, 0.25) is 0 Å². The Morgan fingerprint density at radius 2 is 1.93 bits per heavy atom. The first-order chi connectivity index (χ1) is 12.9. The number of carbonyl (C=O) groups is 1. The largest absolute Gasteiger partial charge is 0.489 e. The molecule has 3 nitrogen and oxygen atoms in total. The Morgan fingerprint density at radius 3 is 2.67 bits per heavy atom. The van der Waals surface area contributed by atoms with Crippen LogP contribution in [0.1, 0.15) is 56.2 Å². The summed E-state index contributed by atoms with van der Waals surface area (Å²) in [7, 11) is 0. The summed E-state index contributed by atoms with van der Waals surface area (Å²) in [5, 5.41) is 9.94. The summed E-state index contributed by atoms with van der Waals surface area (Å²) < 4.78 is 6.07. The summed E-state index contributed by atoms with van der Waals surface area (Å²) in [6.07, 6.45) is 4.70. The van der Waals surface area contributed by atoms with Gasteiger partial charge in [-0.05, 0) is 72.8 Å². The van der Waals surface area contributed by atoms with Crippen LogP contribution in [0.25, 0.3) is 0 Å². The molecule has 3 atom stereocenters. The van der Waals surface area contributed by atoms with Crippen molar-refractivity contribution in [2.75, 3.05) is 0 Å². The van der Waals surface area contributed by atoms with Crippen molar-refractivity contribution in [1.82, 2.24) is 0 Å². The molecule has 1 saturated carbocycles. The summed E-state index contributed by atoms with van der Waals surface area (Å²) in [5.41, 5.74) is 3.08. The van der Waals surface area contributed by atoms with E-state index in [-0.39, 0.29) is 11.3 Å². The fraction of sp³-hybridized carbons (Fsp3) is 0.458. The van der Waals surface area contributed by atoms with Gasteiger partial charge in [0, 0.05) is 0 Å². The first kappa shape index (κ1) is 18.1. The van der Waals surface area contributed by atoms with E-state index in [0.717, 1.165) is 43.4 Å². The highest BCUT2D eigenvalue weighted by atomic mass is 16.5. The number of fused-ring (bicyclic) bond motifs is 3. The number of carboxylic acid groups (broad SMARTS) is 1. The predicted octanol–water partition coefficient (Wildman–Crippen LogP) is 5.36. The van der Waals surface area contributed by atoms with Gasteiger partial charge in [-0.1, -0.05) is 49.7 Å². The number of hydrogen-bond acceptors (Lipinski definition) is 2. The first-order valence-corrected chi connectivity index (χ1v) is 9.97. The minimum atomic E-state index is -0.640. The Kier molecular flexibility index (Phi) is 4.49. The number of aryl methyl sites for hydroxylation is 1. The van der Waals surface area contributed by atoms with E-state index in [1.54, 1.807) is 0 Å². The van der Waals surface area contributed by atoms with Crippen LogP contribution >= 0.6 is 0 Å². The van der Waals surface area contributed by atoms with Crippen LogP contribution < -0.4 is 4.74 Å². The van der Waals surface area contributed by atoms with Gasteiger partial charge in [0.25, 0.3) is 0 Å². The topological polar surface area (TPSA) is 46.5 Å². The molecule has 3 unspecified atom stereocenters. The average Bonchev–Trinajstić information content (AvgIpc) is 2.67. The zero-order valence-electron chi connectivity index (χ0n) is 16.2. The zero-order valence-corrected chi connectivity index (χ0v) is 16.2. The van der Waals surface area contributed by atoms with Crippen molar-refractivity contribution in [2.45, 2.75) is 58.0 Å². The Balaban J connectivity index is 1.64. The van der Waals surface area contributed by atoms with Crippen molar-refractivity contribution >= 4 is 5.97 Å². The molecule has 0 heterocycles. The van der Waals surface area contributed by atoms with Gasteiger partial charge in [0.1, 0.15) is 12.4 Å². The third kappa shape index (κ3) is 3.03. The van der Waals surface area contributed by atoms with Crippen molar-refractivity contribution in [3.63, 3.8) is 0 Å². The smallest absolute Gasteiger partial charge is 0.309 e. The zero-order chi connectivity index (χ0) is 19.1.